The fourth-order valence-corrected chi connectivity index (χ4v) is 1.42. The molecule has 0 saturated carbocycles. The van der Waals surface area contributed by atoms with Crippen LogP contribution in [0.15, 0.2) is 28.9 Å². The molecule has 0 aromatic rings. The summed E-state index contributed by atoms with van der Waals surface area (Å²) in [4.78, 5) is 24.7. The lowest BCUT2D eigenvalue weighted by molar-refractivity contribution is -0.122. The quantitative estimate of drug-likeness (QED) is 0.499. The fraction of sp³-hybridized carbons (Fsp3) is 0.400. The van der Waals surface area contributed by atoms with Gasteiger partial charge < -0.3 is 10.6 Å². The van der Waals surface area contributed by atoms with Crippen LogP contribution in [0.2, 0.25) is 0 Å². The second-order valence-electron chi connectivity index (χ2n) is 3.18. The molecule has 0 aromatic heterocycles. The number of hydrogen-bond donors (Lipinski definition) is 2. The minimum Gasteiger partial charge on any atom is -0.388 e. The summed E-state index contributed by atoms with van der Waals surface area (Å²) in [5.41, 5.74) is 0.0290. The third-order valence-electron chi connectivity index (χ3n) is 2.45. The zero-order valence-corrected chi connectivity index (χ0v) is 8.70. The number of nitrogens with zero attached hydrogens (tertiary/aromatic N) is 1. The van der Waals surface area contributed by atoms with Gasteiger partial charge in [0, 0.05) is 12.7 Å². The molecule has 0 aliphatic heterocycles. The van der Waals surface area contributed by atoms with Crippen LogP contribution in [-0.2, 0) is 9.59 Å². The van der Waals surface area contributed by atoms with Crippen molar-refractivity contribution in [3.63, 3.8) is 0 Å². The maximum atomic E-state index is 11.6. The summed E-state index contributed by atoms with van der Waals surface area (Å²) < 4.78 is 0. The predicted octanol–water partition coefficient (Wildman–Crippen LogP) is -0.130. The Morgan fingerprint density at radius 3 is 2.73 bits per heavy atom. The summed E-state index contributed by atoms with van der Waals surface area (Å²) in [6.07, 6.45) is 7.07. The first-order valence-corrected chi connectivity index (χ1v) is 4.57. The Morgan fingerprint density at radius 1 is 1.60 bits per heavy atom. The summed E-state index contributed by atoms with van der Waals surface area (Å²) in [6, 6.07) is 0. The number of allylic oxidation sites excluding steroid dienone is 1. The highest BCUT2D eigenvalue weighted by Gasteiger charge is 2.34. The van der Waals surface area contributed by atoms with Gasteiger partial charge in [-0.25, -0.2) is 4.79 Å². The van der Waals surface area contributed by atoms with E-state index in [-0.39, 0.29) is 0 Å². The van der Waals surface area contributed by atoms with E-state index in [0.29, 0.717) is 6.42 Å². The van der Waals surface area contributed by atoms with Gasteiger partial charge in [0.15, 0.2) is 0 Å². The predicted molar refractivity (Wildman–Crippen MR) is 55.8 cm³/mol. The standard InChI is InChI=1S/C10H13N3O2/c1-11-8-3-5-10(12-2,6-4-8)9(15)13-7-14/h3-5,11-12H,6H2,1-2H3. The number of isocyanates is 1. The van der Waals surface area contributed by atoms with Gasteiger partial charge in [-0.15, -0.1) is 4.99 Å². The molecule has 1 atom stereocenters. The lowest BCUT2D eigenvalue weighted by Gasteiger charge is -2.27. The Labute approximate surface area is 88.0 Å². The van der Waals surface area contributed by atoms with Crippen molar-refractivity contribution < 1.29 is 9.59 Å². The first kappa shape index (κ1) is 11.4. The van der Waals surface area contributed by atoms with Crippen LogP contribution in [0.25, 0.3) is 0 Å². The first-order valence-electron chi connectivity index (χ1n) is 4.57. The van der Waals surface area contributed by atoms with Gasteiger partial charge in [0.25, 0.3) is 5.91 Å². The second-order valence-corrected chi connectivity index (χ2v) is 3.18. The molecule has 0 spiro atoms. The smallest absolute Gasteiger partial charge is 0.280 e. The fourth-order valence-electron chi connectivity index (χ4n) is 1.42. The van der Waals surface area contributed by atoms with E-state index in [1.54, 1.807) is 26.2 Å². The summed E-state index contributed by atoms with van der Waals surface area (Å²) in [6.45, 7) is 0. The van der Waals surface area contributed by atoms with E-state index in [1.165, 1.54) is 6.08 Å². The van der Waals surface area contributed by atoms with Crippen LogP contribution in [0.1, 0.15) is 6.42 Å². The van der Waals surface area contributed by atoms with E-state index in [2.05, 4.69) is 15.6 Å². The molecular weight excluding hydrogens is 194 g/mol. The average molecular weight is 207 g/mol. The molecule has 0 bridgehead atoms. The molecule has 1 aliphatic rings. The number of carbonyl (C=O) groups excluding carboxylic acids is 2. The molecule has 0 aromatic carbocycles. The number of likely N-dealkylation sites (N-methyl/N-ethyl adjacent to an activating group) is 2. The van der Waals surface area contributed by atoms with Gasteiger partial charge in [0.05, 0.1) is 0 Å². The van der Waals surface area contributed by atoms with Gasteiger partial charge in [0.1, 0.15) is 5.54 Å². The second kappa shape index (κ2) is 4.68. The van der Waals surface area contributed by atoms with Crippen molar-refractivity contribution in [2.45, 2.75) is 12.0 Å². The number of rotatable bonds is 3. The van der Waals surface area contributed by atoms with E-state index >= 15 is 0 Å². The van der Waals surface area contributed by atoms with Crippen molar-refractivity contribution in [3.05, 3.63) is 23.9 Å². The minimum absolute atomic E-state index is 0.459. The molecule has 1 aliphatic carbocycles. The molecule has 15 heavy (non-hydrogen) atoms. The van der Waals surface area contributed by atoms with Crippen LogP contribution in [0.5, 0.6) is 0 Å². The zero-order valence-electron chi connectivity index (χ0n) is 8.70. The summed E-state index contributed by atoms with van der Waals surface area (Å²) in [7, 11) is 3.45. The van der Waals surface area contributed by atoms with Crippen LogP contribution in [0.3, 0.4) is 0 Å². The van der Waals surface area contributed by atoms with E-state index in [4.69, 9.17) is 0 Å². The van der Waals surface area contributed by atoms with Gasteiger partial charge in [-0.05, 0) is 19.5 Å². The molecule has 80 valence electrons. The minimum atomic E-state index is -0.905. The van der Waals surface area contributed by atoms with Gasteiger partial charge >= 0.3 is 0 Å². The van der Waals surface area contributed by atoms with Gasteiger partial charge in [-0.3, -0.25) is 4.79 Å². The molecule has 1 unspecified atom stereocenters. The first-order chi connectivity index (χ1) is 7.18. The van der Waals surface area contributed by atoms with Crippen molar-refractivity contribution in [2.75, 3.05) is 14.1 Å². The van der Waals surface area contributed by atoms with E-state index in [0.717, 1.165) is 5.70 Å². The number of carbonyl (C=O) groups is 1. The molecular formula is C10H13N3O2. The highest BCUT2D eigenvalue weighted by Crippen LogP contribution is 2.21. The Balaban J connectivity index is 2.92. The Bertz CT molecular complexity index is 367. The largest absolute Gasteiger partial charge is 0.388 e. The third kappa shape index (κ3) is 2.21. The maximum absolute atomic E-state index is 11.6. The molecule has 1 amide bonds. The molecule has 5 heteroatoms. The van der Waals surface area contributed by atoms with Crippen molar-refractivity contribution in [2.24, 2.45) is 4.99 Å². The number of nitrogens with one attached hydrogen (secondary N) is 2. The number of aliphatic imine (C=N–C) groups is 1. The molecule has 5 nitrogen and oxygen atoms in total. The van der Waals surface area contributed by atoms with Crippen LogP contribution in [0.4, 0.5) is 0 Å². The summed E-state index contributed by atoms with van der Waals surface area (Å²) in [5, 5.41) is 5.83. The number of hydrogen-bond acceptors (Lipinski definition) is 4. The van der Waals surface area contributed by atoms with Crippen LogP contribution in [-0.4, -0.2) is 31.6 Å². The van der Waals surface area contributed by atoms with Crippen LogP contribution in [0, 0.1) is 0 Å². The number of amides is 1. The Hall–Kier alpha value is -1.71. The van der Waals surface area contributed by atoms with E-state index < -0.39 is 11.4 Å². The Kier molecular flexibility index (Phi) is 3.55. The summed E-state index contributed by atoms with van der Waals surface area (Å²) in [5.74, 6) is -0.525. The maximum Gasteiger partial charge on any atom is 0.280 e. The molecule has 1 rings (SSSR count). The average Bonchev–Trinajstić information content (AvgIpc) is 2.29. The molecule has 0 fully saturated rings. The van der Waals surface area contributed by atoms with E-state index in [9.17, 15) is 9.59 Å². The molecule has 2 N–H and O–H groups in total. The van der Waals surface area contributed by atoms with Gasteiger partial charge in [-0.2, -0.15) is 0 Å². The van der Waals surface area contributed by atoms with Crippen LogP contribution < -0.4 is 10.6 Å². The lowest BCUT2D eigenvalue weighted by atomic mass is 9.89. The van der Waals surface area contributed by atoms with Crippen molar-refractivity contribution >= 4 is 12.0 Å². The van der Waals surface area contributed by atoms with Crippen molar-refractivity contribution in [3.8, 4) is 0 Å². The molecule has 0 heterocycles. The van der Waals surface area contributed by atoms with Crippen molar-refractivity contribution in [1.82, 2.24) is 10.6 Å². The lowest BCUT2D eigenvalue weighted by Crippen LogP contribution is -2.48. The monoisotopic (exact) mass is 207 g/mol. The third-order valence-corrected chi connectivity index (χ3v) is 2.45. The normalized spacial score (nSPS) is 24.0. The van der Waals surface area contributed by atoms with Crippen LogP contribution >= 0.6 is 0 Å². The molecule has 0 radical (unpaired) electrons. The van der Waals surface area contributed by atoms with Crippen molar-refractivity contribution in [1.29, 1.82) is 0 Å². The highest BCUT2D eigenvalue weighted by atomic mass is 16.2. The van der Waals surface area contributed by atoms with E-state index in [1.807, 2.05) is 6.08 Å². The molecule has 0 saturated heterocycles. The topological polar surface area (TPSA) is 70.6 Å². The highest BCUT2D eigenvalue weighted by molar-refractivity contribution is 5.92. The van der Waals surface area contributed by atoms with Gasteiger partial charge in [-0.1, -0.05) is 12.2 Å². The summed E-state index contributed by atoms with van der Waals surface area (Å²) >= 11 is 0. The van der Waals surface area contributed by atoms with Gasteiger partial charge in [0.2, 0.25) is 6.08 Å². The Morgan fingerprint density at radius 2 is 2.33 bits per heavy atom. The zero-order chi connectivity index (χ0) is 11.3. The SMILES string of the molecule is CNC1=CCC(NC)(C(=O)N=C=O)C=C1.